The number of carbonyl (C=O) groups excluding carboxylic acids is 2. The van der Waals surface area contributed by atoms with Gasteiger partial charge < -0.3 is 10.2 Å². The summed E-state index contributed by atoms with van der Waals surface area (Å²) >= 11 is 12.2. The summed E-state index contributed by atoms with van der Waals surface area (Å²) in [6, 6.07) is 13.2. The Morgan fingerprint density at radius 3 is 2.23 bits per heavy atom. The number of nitrogens with one attached hydrogen (secondary N) is 1. The molecule has 0 aliphatic rings. The highest BCUT2D eigenvalue weighted by atomic mass is 35.5. The molecule has 192 valence electrons. The number of nitrogens with zero attached hydrogens (tertiary/aromatic N) is 2. The van der Waals surface area contributed by atoms with Gasteiger partial charge >= 0.3 is 0 Å². The van der Waals surface area contributed by atoms with Crippen LogP contribution in [0.3, 0.4) is 0 Å². The minimum Gasteiger partial charge on any atom is -0.352 e. The lowest BCUT2D eigenvalue weighted by Gasteiger charge is -2.33. The summed E-state index contributed by atoms with van der Waals surface area (Å²) in [6.07, 6.45) is 2.65. The molecule has 2 atom stereocenters. The van der Waals surface area contributed by atoms with Gasteiger partial charge in [-0.15, -0.1) is 0 Å². The molecule has 2 rings (SSSR count). The van der Waals surface area contributed by atoms with Crippen LogP contribution in [0.5, 0.6) is 0 Å². The van der Waals surface area contributed by atoms with Crippen LogP contribution in [0.2, 0.25) is 10.0 Å². The molecular weight excluding hydrogens is 509 g/mol. The lowest BCUT2D eigenvalue weighted by atomic mass is 10.1. The van der Waals surface area contributed by atoms with Crippen LogP contribution in [0.4, 0.5) is 5.69 Å². The molecule has 0 aliphatic heterocycles. The van der Waals surface area contributed by atoms with Crippen LogP contribution < -0.4 is 9.62 Å². The molecule has 0 aliphatic carbocycles. The highest BCUT2D eigenvalue weighted by Crippen LogP contribution is 2.30. The van der Waals surface area contributed by atoms with Gasteiger partial charge in [0.1, 0.15) is 12.6 Å². The van der Waals surface area contributed by atoms with Crippen molar-refractivity contribution in [3.63, 3.8) is 0 Å². The second-order valence-electron chi connectivity index (χ2n) is 8.43. The van der Waals surface area contributed by atoms with Crippen molar-refractivity contribution in [3.8, 4) is 0 Å². The van der Waals surface area contributed by atoms with Gasteiger partial charge in [-0.3, -0.25) is 13.9 Å². The molecule has 1 N–H and O–H groups in total. The molecule has 0 heterocycles. The highest BCUT2D eigenvalue weighted by Gasteiger charge is 2.32. The number of amides is 2. The van der Waals surface area contributed by atoms with E-state index >= 15 is 0 Å². The predicted octanol–water partition coefficient (Wildman–Crippen LogP) is 4.52. The van der Waals surface area contributed by atoms with E-state index < -0.39 is 28.5 Å². The molecule has 0 radical (unpaired) electrons. The molecule has 2 aromatic rings. The number of carbonyl (C=O) groups is 2. The number of sulfonamides is 1. The first-order valence-electron chi connectivity index (χ1n) is 11.5. The normalized spacial score (nSPS) is 13.1. The van der Waals surface area contributed by atoms with Gasteiger partial charge in [0, 0.05) is 17.6 Å². The monoisotopic (exact) mass is 541 g/mol. The lowest BCUT2D eigenvalue weighted by Crippen LogP contribution is -2.54. The van der Waals surface area contributed by atoms with Crippen molar-refractivity contribution in [1.82, 2.24) is 10.2 Å². The van der Waals surface area contributed by atoms with E-state index in [1.807, 2.05) is 51.1 Å². The standard InChI is InChI=1S/C25H33Cl2N3O4S/c1-5-18(3)28-25(32)22(6-2)29(15-14-19-10-8-7-9-11-19)24(31)17-30(35(4,33)34)23-13-12-20(26)16-21(23)27/h7-13,16,18,22H,5-6,14-15,17H2,1-4H3,(H,28,32)/t18-,22+/m0/s1. The first-order valence-corrected chi connectivity index (χ1v) is 14.1. The highest BCUT2D eigenvalue weighted by molar-refractivity contribution is 7.92. The van der Waals surface area contributed by atoms with Crippen LogP contribution in [0.1, 0.15) is 39.2 Å². The summed E-state index contributed by atoms with van der Waals surface area (Å²) in [6.45, 7) is 5.44. The van der Waals surface area contributed by atoms with Gasteiger partial charge in [0.15, 0.2) is 0 Å². The largest absolute Gasteiger partial charge is 0.352 e. The Balaban J connectivity index is 2.39. The van der Waals surface area contributed by atoms with Gasteiger partial charge in [-0.25, -0.2) is 8.42 Å². The Bertz CT molecular complexity index is 1110. The number of rotatable bonds is 12. The number of anilines is 1. The summed E-state index contributed by atoms with van der Waals surface area (Å²) < 4.78 is 26.2. The smallest absolute Gasteiger partial charge is 0.244 e. The number of benzene rings is 2. The summed E-state index contributed by atoms with van der Waals surface area (Å²) in [5.41, 5.74) is 1.15. The van der Waals surface area contributed by atoms with Crippen molar-refractivity contribution in [2.45, 2.75) is 52.1 Å². The van der Waals surface area contributed by atoms with Gasteiger partial charge in [-0.05, 0) is 49.9 Å². The molecular formula is C25H33Cl2N3O4S. The van der Waals surface area contributed by atoms with E-state index in [4.69, 9.17) is 23.2 Å². The van der Waals surface area contributed by atoms with Crippen molar-refractivity contribution in [2.75, 3.05) is 23.7 Å². The summed E-state index contributed by atoms with van der Waals surface area (Å²) in [5.74, 6) is -0.762. The Hall–Kier alpha value is -2.29. The zero-order chi connectivity index (χ0) is 26.2. The van der Waals surface area contributed by atoms with E-state index in [2.05, 4.69) is 5.32 Å². The van der Waals surface area contributed by atoms with Crippen molar-refractivity contribution >= 4 is 50.7 Å². The van der Waals surface area contributed by atoms with Crippen LogP contribution in [0, 0.1) is 0 Å². The van der Waals surface area contributed by atoms with Crippen LogP contribution in [0.25, 0.3) is 0 Å². The van der Waals surface area contributed by atoms with Crippen LogP contribution >= 0.6 is 23.2 Å². The second kappa shape index (κ2) is 13.1. The minimum atomic E-state index is -3.87. The third-order valence-electron chi connectivity index (χ3n) is 5.73. The fourth-order valence-electron chi connectivity index (χ4n) is 3.62. The molecule has 0 fully saturated rings. The molecule has 2 amide bonds. The Labute approximate surface area is 218 Å². The maximum Gasteiger partial charge on any atom is 0.244 e. The van der Waals surface area contributed by atoms with E-state index in [9.17, 15) is 18.0 Å². The second-order valence-corrected chi connectivity index (χ2v) is 11.2. The maximum absolute atomic E-state index is 13.6. The number of halogens is 2. The molecule has 10 heteroatoms. The van der Waals surface area contributed by atoms with E-state index in [-0.39, 0.29) is 29.2 Å². The maximum atomic E-state index is 13.6. The average Bonchev–Trinajstić information content (AvgIpc) is 2.80. The number of hydrogen-bond acceptors (Lipinski definition) is 4. The zero-order valence-electron chi connectivity index (χ0n) is 20.5. The Morgan fingerprint density at radius 2 is 1.69 bits per heavy atom. The lowest BCUT2D eigenvalue weighted by molar-refractivity contribution is -0.139. The molecule has 7 nitrogen and oxygen atoms in total. The van der Waals surface area contributed by atoms with E-state index in [0.717, 1.165) is 22.5 Å². The molecule has 0 saturated heterocycles. The van der Waals surface area contributed by atoms with Gasteiger partial charge in [0.05, 0.1) is 17.0 Å². The van der Waals surface area contributed by atoms with Gasteiger partial charge in [-0.1, -0.05) is 67.4 Å². The van der Waals surface area contributed by atoms with Gasteiger partial charge in [-0.2, -0.15) is 0 Å². The summed E-state index contributed by atoms with van der Waals surface area (Å²) in [5, 5.41) is 3.39. The topological polar surface area (TPSA) is 86.8 Å². The van der Waals surface area contributed by atoms with Crippen molar-refractivity contribution in [1.29, 1.82) is 0 Å². The first kappa shape index (κ1) is 28.9. The SMILES string of the molecule is CC[C@H](C(=O)N[C@@H](C)CC)N(CCc1ccccc1)C(=O)CN(c1ccc(Cl)cc1Cl)S(C)(=O)=O. The molecule has 0 saturated carbocycles. The Morgan fingerprint density at radius 1 is 1.03 bits per heavy atom. The van der Waals surface area contributed by atoms with Crippen LogP contribution in [-0.2, 0) is 26.0 Å². The summed E-state index contributed by atoms with van der Waals surface area (Å²) in [7, 11) is -3.87. The zero-order valence-corrected chi connectivity index (χ0v) is 22.8. The average molecular weight is 543 g/mol. The van der Waals surface area contributed by atoms with Crippen molar-refractivity contribution < 1.29 is 18.0 Å². The van der Waals surface area contributed by atoms with Gasteiger partial charge in [0.25, 0.3) is 0 Å². The third kappa shape index (κ3) is 8.40. The first-order chi connectivity index (χ1) is 16.5. The number of hydrogen-bond donors (Lipinski definition) is 1. The van der Waals surface area contributed by atoms with Crippen LogP contribution in [-0.4, -0.2) is 56.6 Å². The molecule has 0 spiro atoms. The van der Waals surface area contributed by atoms with E-state index in [0.29, 0.717) is 17.9 Å². The Kier molecular flexibility index (Phi) is 10.9. The molecule has 0 unspecified atom stereocenters. The van der Waals surface area contributed by atoms with E-state index in [1.54, 1.807) is 0 Å². The predicted molar refractivity (Wildman–Crippen MR) is 142 cm³/mol. The third-order valence-corrected chi connectivity index (χ3v) is 7.39. The van der Waals surface area contributed by atoms with Crippen molar-refractivity contribution in [2.24, 2.45) is 0 Å². The molecule has 0 aromatic heterocycles. The fourth-order valence-corrected chi connectivity index (χ4v) is 5.04. The fraction of sp³-hybridized carbons (Fsp3) is 0.440. The molecule has 35 heavy (non-hydrogen) atoms. The summed E-state index contributed by atoms with van der Waals surface area (Å²) in [4.78, 5) is 28.1. The quantitative estimate of drug-likeness (QED) is 0.427. The molecule has 0 bridgehead atoms. The molecule has 2 aromatic carbocycles. The van der Waals surface area contributed by atoms with Crippen molar-refractivity contribution in [3.05, 3.63) is 64.1 Å². The minimum absolute atomic E-state index is 0.0528. The van der Waals surface area contributed by atoms with E-state index in [1.165, 1.54) is 23.1 Å². The van der Waals surface area contributed by atoms with Gasteiger partial charge in [0.2, 0.25) is 21.8 Å². The van der Waals surface area contributed by atoms with Crippen LogP contribution in [0.15, 0.2) is 48.5 Å².